The number of nitrogens with zero attached hydrogens (tertiary/aromatic N) is 1. The average molecular weight is 391 g/mol. The molecular weight excluding hydrogens is 368 g/mol. The van der Waals surface area contributed by atoms with E-state index < -0.39 is 0 Å². The number of ether oxygens (including phenoxy) is 1. The van der Waals surface area contributed by atoms with Gasteiger partial charge in [-0.2, -0.15) is 0 Å². The summed E-state index contributed by atoms with van der Waals surface area (Å²) in [5, 5.41) is 4.82. The number of rotatable bonds is 7. The standard InChI is InChI=1S/C24H22N2O.ClH/c1-2-6-20(7-3-1)18-27-24-11-10-21-8-4-5-9-22(21)23(24)17-26-16-19-12-14-25-15-13-19;/h1-15,26H,16-18H2;1H. The van der Waals surface area contributed by atoms with Crippen molar-refractivity contribution in [2.24, 2.45) is 0 Å². The van der Waals surface area contributed by atoms with Gasteiger partial charge in [-0.15, -0.1) is 0 Å². The molecule has 0 saturated carbocycles. The Morgan fingerprint density at radius 3 is 2.29 bits per heavy atom. The van der Waals surface area contributed by atoms with E-state index >= 15 is 0 Å². The third-order valence-electron chi connectivity index (χ3n) is 4.71. The molecule has 0 unspecified atom stereocenters. The van der Waals surface area contributed by atoms with Crippen LogP contribution >= 0.6 is 0 Å². The van der Waals surface area contributed by atoms with Crippen molar-refractivity contribution in [3.8, 4) is 5.75 Å². The molecule has 0 aliphatic carbocycles. The van der Waals surface area contributed by atoms with Gasteiger partial charge in [0.15, 0.2) is 0 Å². The van der Waals surface area contributed by atoms with Gasteiger partial charge in [-0.25, -0.2) is 0 Å². The molecule has 3 aromatic carbocycles. The summed E-state index contributed by atoms with van der Waals surface area (Å²) in [5.41, 5.74) is 3.70. The van der Waals surface area contributed by atoms with Crippen molar-refractivity contribution in [1.29, 1.82) is 0 Å². The van der Waals surface area contributed by atoms with Gasteiger partial charge in [0.25, 0.3) is 0 Å². The van der Waals surface area contributed by atoms with Crippen molar-refractivity contribution < 1.29 is 22.5 Å². The van der Waals surface area contributed by atoms with E-state index in [0.717, 1.165) is 18.8 Å². The van der Waals surface area contributed by atoms with Gasteiger partial charge >= 0.3 is 0 Å². The maximum absolute atomic E-state index is 6.20. The van der Waals surface area contributed by atoms with E-state index in [-0.39, 0.29) is 12.4 Å². The second-order valence-electron chi connectivity index (χ2n) is 6.59. The van der Waals surface area contributed by atoms with E-state index in [1.54, 1.807) is 0 Å². The molecule has 0 radical (unpaired) electrons. The van der Waals surface area contributed by atoms with Gasteiger partial charge in [-0.05, 0) is 34.5 Å². The number of fused-ring (bicyclic) bond motifs is 1. The molecule has 3 nitrogen and oxygen atoms in total. The van der Waals surface area contributed by atoms with Gasteiger partial charge in [-0.1, -0.05) is 60.7 Å². The molecule has 4 rings (SSSR count). The Bertz CT molecular complexity index is 1010. The van der Waals surface area contributed by atoms with Crippen LogP contribution < -0.4 is 22.5 Å². The highest BCUT2D eigenvalue weighted by atomic mass is 35.5. The normalized spacial score (nSPS) is 10.4. The minimum atomic E-state index is 0. The number of pyridine rings is 1. The zero-order chi connectivity index (χ0) is 18.3. The molecular formula is C24H23ClN2O. The molecule has 0 amide bonds. The fourth-order valence-corrected chi connectivity index (χ4v) is 3.30. The summed E-state index contributed by atoms with van der Waals surface area (Å²) < 4.78 is 6.20. The van der Waals surface area contributed by atoms with Crippen LogP contribution in [0.3, 0.4) is 0 Å². The van der Waals surface area contributed by atoms with Crippen molar-refractivity contribution >= 4 is 10.8 Å². The van der Waals surface area contributed by atoms with E-state index in [9.17, 15) is 0 Å². The number of aromatic nitrogens is 1. The number of benzene rings is 3. The number of hydrogen-bond donors (Lipinski definition) is 1. The van der Waals surface area contributed by atoms with Crippen molar-refractivity contribution in [3.63, 3.8) is 0 Å². The van der Waals surface area contributed by atoms with Crippen LogP contribution in [0.4, 0.5) is 0 Å². The molecule has 0 bridgehead atoms. The highest BCUT2D eigenvalue weighted by Gasteiger charge is 2.11. The van der Waals surface area contributed by atoms with Crippen LogP contribution in [0.1, 0.15) is 16.7 Å². The molecule has 0 saturated heterocycles. The highest BCUT2D eigenvalue weighted by molar-refractivity contribution is 5.87. The van der Waals surface area contributed by atoms with Gasteiger partial charge in [0.1, 0.15) is 25.4 Å². The van der Waals surface area contributed by atoms with Crippen LogP contribution in [-0.4, -0.2) is 4.98 Å². The minimum absolute atomic E-state index is 0. The van der Waals surface area contributed by atoms with Crippen molar-refractivity contribution in [2.75, 3.05) is 0 Å². The summed E-state index contributed by atoms with van der Waals surface area (Å²) in [6.07, 6.45) is 3.69. The highest BCUT2D eigenvalue weighted by Crippen LogP contribution is 2.28. The van der Waals surface area contributed by atoms with Crippen LogP contribution in [0, 0.1) is 0 Å². The van der Waals surface area contributed by atoms with Crippen LogP contribution in [0.5, 0.6) is 5.75 Å². The lowest BCUT2D eigenvalue weighted by atomic mass is 10.0. The first-order valence-electron chi connectivity index (χ1n) is 9.28. The zero-order valence-electron chi connectivity index (χ0n) is 15.6. The third-order valence-corrected chi connectivity index (χ3v) is 4.71. The number of quaternary nitrogens is 1. The number of nitrogens with two attached hydrogens (primary N) is 1. The van der Waals surface area contributed by atoms with Gasteiger partial charge in [-0.3, -0.25) is 4.98 Å². The van der Waals surface area contributed by atoms with Crippen LogP contribution in [0.25, 0.3) is 10.8 Å². The van der Waals surface area contributed by atoms with E-state index in [1.165, 1.54) is 27.5 Å². The van der Waals surface area contributed by atoms with E-state index in [1.807, 2.05) is 30.6 Å². The van der Waals surface area contributed by atoms with Crippen LogP contribution in [0.15, 0.2) is 91.3 Å². The lowest BCUT2D eigenvalue weighted by Crippen LogP contribution is -3.00. The van der Waals surface area contributed by atoms with E-state index in [0.29, 0.717) is 6.61 Å². The van der Waals surface area contributed by atoms with Crippen molar-refractivity contribution in [2.45, 2.75) is 19.7 Å². The number of halogens is 1. The van der Waals surface area contributed by atoms with Gasteiger partial charge < -0.3 is 22.5 Å². The van der Waals surface area contributed by atoms with Crippen LogP contribution in [0.2, 0.25) is 0 Å². The Kier molecular flexibility index (Phi) is 7.01. The maximum atomic E-state index is 6.20. The predicted octanol–water partition coefficient (Wildman–Crippen LogP) is 1.08. The Balaban J connectivity index is 0.00000225. The lowest BCUT2D eigenvalue weighted by Gasteiger charge is -2.14. The molecule has 28 heavy (non-hydrogen) atoms. The summed E-state index contributed by atoms with van der Waals surface area (Å²) in [7, 11) is 0. The molecule has 4 aromatic rings. The lowest BCUT2D eigenvalue weighted by molar-refractivity contribution is -0.686. The molecule has 142 valence electrons. The van der Waals surface area contributed by atoms with Crippen molar-refractivity contribution in [1.82, 2.24) is 4.98 Å². The first-order chi connectivity index (χ1) is 13.4. The van der Waals surface area contributed by atoms with Gasteiger partial charge in [0.2, 0.25) is 0 Å². The Hall–Kier alpha value is -2.88. The second kappa shape index (κ2) is 9.88. The summed E-state index contributed by atoms with van der Waals surface area (Å²) in [5.74, 6) is 0.962. The summed E-state index contributed by atoms with van der Waals surface area (Å²) in [6.45, 7) is 2.37. The SMILES string of the molecule is [Cl-].c1ccc(COc2ccc3ccccc3c2C[NH2+]Cc2ccncc2)cc1. The fraction of sp³-hybridized carbons (Fsp3) is 0.125. The minimum Gasteiger partial charge on any atom is -1.00 e. The zero-order valence-corrected chi connectivity index (χ0v) is 16.3. The van der Waals surface area contributed by atoms with Crippen molar-refractivity contribution in [3.05, 3.63) is 108 Å². The van der Waals surface area contributed by atoms with E-state index in [4.69, 9.17) is 4.74 Å². The largest absolute Gasteiger partial charge is 1.00 e. The molecule has 0 spiro atoms. The summed E-state index contributed by atoms with van der Waals surface area (Å²) >= 11 is 0. The monoisotopic (exact) mass is 390 g/mol. The predicted molar refractivity (Wildman–Crippen MR) is 108 cm³/mol. The molecule has 2 N–H and O–H groups in total. The topological polar surface area (TPSA) is 38.7 Å². The number of hydrogen-bond acceptors (Lipinski definition) is 2. The molecule has 0 aliphatic rings. The molecule has 0 aliphatic heterocycles. The van der Waals surface area contributed by atoms with Gasteiger partial charge in [0.05, 0.1) is 5.56 Å². The first-order valence-corrected chi connectivity index (χ1v) is 9.28. The molecule has 0 fully saturated rings. The molecule has 1 heterocycles. The second-order valence-corrected chi connectivity index (χ2v) is 6.59. The van der Waals surface area contributed by atoms with Crippen LogP contribution in [-0.2, 0) is 19.7 Å². The first kappa shape index (κ1) is 19.9. The Morgan fingerprint density at radius 1 is 0.714 bits per heavy atom. The average Bonchev–Trinajstić information content (AvgIpc) is 2.74. The van der Waals surface area contributed by atoms with Gasteiger partial charge in [0, 0.05) is 18.0 Å². The molecule has 0 atom stereocenters. The smallest absolute Gasteiger partial charge is 0.129 e. The fourth-order valence-electron chi connectivity index (χ4n) is 3.30. The molecule has 1 aromatic heterocycles. The quantitative estimate of drug-likeness (QED) is 0.513. The summed E-state index contributed by atoms with van der Waals surface area (Å²) in [6, 6.07) is 27.2. The Morgan fingerprint density at radius 2 is 1.46 bits per heavy atom. The Labute approximate surface area is 171 Å². The maximum Gasteiger partial charge on any atom is 0.129 e. The third kappa shape index (κ3) is 4.89. The molecule has 4 heteroatoms. The summed E-state index contributed by atoms with van der Waals surface area (Å²) in [4.78, 5) is 4.09. The van der Waals surface area contributed by atoms with E-state index in [2.05, 4.69) is 71.0 Å².